The number of carbonyl (C=O) groups is 1. The van der Waals surface area contributed by atoms with Crippen molar-refractivity contribution in [3.05, 3.63) is 0 Å². The summed E-state index contributed by atoms with van der Waals surface area (Å²) in [6.07, 6.45) is 3.73. The van der Waals surface area contributed by atoms with Gasteiger partial charge in [-0.05, 0) is 19.9 Å². The number of carbonyl (C=O) groups excluding carboxylic acids is 1. The van der Waals surface area contributed by atoms with E-state index in [1.807, 2.05) is 13.1 Å². The Morgan fingerprint density at radius 3 is 2.63 bits per heavy atom. The van der Waals surface area contributed by atoms with Crippen molar-refractivity contribution in [3.8, 4) is 6.07 Å². The summed E-state index contributed by atoms with van der Waals surface area (Å²) in [7, 11) is 1.95. The normalized spacial score (nSPS) is 22.6. The van der Waals surface area contributed by atoms with Gasteiger partial charge in [-0.15, -0.1) is 0 Å². The van der Waals surface area contributed by atoms with Crippen molar-refractivity contribution in [1.82, 2.24) is 10.2 Å². The summed E-state index contributed by atoms with van der Waals surface area (Å²) >= 11 is 0. The Balaban J connectivity index is 1.74. The molecule has 0 radical (unpaired) electrons. The van der Waals surface area contributed by atoms with Crippen LogP contribution in [0.4, 0.5) is 0 Å². The lowest BCUT2D eigenvalue weighted by Gasteiger charge is -2.38. The SMILES string of the molecule is CN(CC(=O)NCC#N)C1CCC2(CC1)OCCO2. The molecule has 2 rings (SSSR count). The number of nitriles is 1. The number of likely N-dealkylation sites (N-methyl/N-ethyl adjacent to an activating group) is 1. The van der Waals surface area contributed by atoms with Crippen molar-refractivity contribution >= 4 is 5.91 Å². The minimum Gasteiger partial charge on any atom is -0.348 e. The third-order valence-corrected chi connectivity index (χ3v) is 3.91. The quantitative estimate of drug-likeness (QED) is 0.739. The summed E-state index contributed by atoms with van der Waals surface area (Å²) in [5.74, 6) is -0.446. The molecule has 1 N–H and O–H groups in total. The fourth-order valence-electron chi connectivity index (χ4n) is 2.82. The van der Waals surface area contributed by atoms with Gasteiger partial charge in [0.25, 0.3) is 0 Å². The highest BCUT2D eigenvalue weighted by atomic mass is 16.7. The molecule has 106 valence electrons. The number of hydrogen-bond donors (Lipinski definition) is 1. The molecule has 1 saturated heterocycles. The fourth-order valence-corrected chi connectivity index (χ4v) is 2.82. The van der Waals surface area contributed by atoms with Gasteiger partial charge in [-0.2, -0.15) is 5.26 Å². The molecule has 1 aliphatic heterocycles. The molecule has 2 fully saturated rings. The average molecular weight is 267 g/mol. The highest BCUT2D eigenvalue weighted by Gasteiger charge is 2.41. The van der Waals surface area contributed by atoms with Crippen LogP contribution in [-0.4, -0.2) is 56.0 Å². The van der Waals surface area contributed by atoms with Crippen LogP contribution >= 0.6 is 0 Å². The Labute approximate surface area is 113 Å². The number of nitrogens with zero attached hydrogens (tertiary/aromatic N) is 2. The van der Waals surface area contributed by atoms with Gasteiger partial charge in [0, 0.05) is 18.9 Å². The Morgan fingerprint density at radius 2 is 2.05 bits per heavy atom. The first-order valence-electron chi connectivity index (χ1n) is 6.77. The Morgan fingerprint density at radius 1 is 1.42 bits per heavy atom. The molecule has 1 aliphatic carbocycles. The van der Waals surface area contributed by atoms with E-state index in [4.69, 9.17) is 14.7 Å². The molecule has 0 aromatic heterocycles. The van der Waals surface area contributed by atoms with Crippen molar-refractivity contribution in [2.75, 3.05) is 33.4 Å². The van der Waals surface area contributed by atoms with Gasteiger partial charge in [0.2, 0.25) is 5.91 Å². The zero-order chi connectivity index (χ0) is 13.7. The zero-order valence-corrected chi connectivity index (χ0v) is 11.4. The Kier molecular flexibility index (Phi) is 4.75. The third-order valence-electron chi connectivity index (χ3n) is 3.91. The molecule has 0 bridgehead atoms. The molecule has 0 atom stereocenters. The van der Waals surface area contributed by atoms with E-state index in [1.54, 1.807) is 0 Å². The molecule has 2 aliphatic rings. The molecule has 1 heterocycles. The second kappa shape index (κ2) is 6.33. The van der Waals surface area contributed by atoms with Crippen molar-refractivity contribution < 1.29 is 14.3 Å². The standard InChI is InChI=1S/C13H21N3O3/c1-16(10-12(17)15-7-6-14)11-2-4-13(5-3-11)18-8-9-19-13/h11H,2-5,7-10H2,1H3,(H,15,17). The molecular weight excluding hydrogens is 246 g/mol. The molecular formula is C13H21N3O3. The van der Waals surface area contributed by atoms with Crippen LogP contribution in [0.25, 0.3) is 0 Å². The maximum absolute atomic E-state index is 11.6. The maximum Gasteiger partial charge on any atom is 0.235 e. The Hall–Kier alpha value is -1.16. The summed E-state index contributed by atoms with van der Waals surface area (Å²) < 4.78 is 11.4. The Bertz CT molecular complexity index is 351. The minimum atomic E-state index is -0.347. The highest BCUT2D eigenvalue weighted by molar-refractivity contribution is 5.78. The van der Waals surface area contributed by atoms with E-state index in [0.29, 0.717) is 25.8 Å². The summed E-state index contributed by atoms with van der Waals surface area (Å²) in [6, 6.07) is 2.28. The van der Waals surface area contributed by atoms with Crippen molar-refractivity contribution in [1.29, 1.82) is 5.26 Å². The lowest BCUT2D eigenvalue weighted by atomic mass is 9.89. The molecule has 6 heteroatoms. The van der Waals surface area contributed by atoms with Crippen LogP contribution in [0.5, 0.6) is 0 Å². The summed E-state index contributed by atoms with van der Waals surface area (Å²) in [5, 5.41) is 11.0. The summed E-state index contributed by atoms with van der Waals surface area (Å²) in [6.45, 7) is 1.79. The van der Waals surface area contributed by atoms with Gasteiger partial charge in [-0.1, -0.05) is 0 Å². The molecule has 19 heavy (non-hydrogen) atoms. The lowest BCUT2D eigenvalue weighted by molar-refractivity contribution is -0.183. The largest absolute Gasteiger partial charge is 0.348 e. The first-order valence-corrected chi connectivity index (χ1v) is 6.77. The van der Waals surface area contributed by atoms with Crippen LogP contribution in [-0.2, 0) is 14.3 Å². The van der Waals surface area contributed by atoms with E-state index in [9.17, 15) is 4.79 Å². The highest BCUT2D eigenvalue weighted by Crippen LogP contribution is 2.36. The number of hydrogen-bond acceptors (Lipinski definition) is 5. The van der Waals surface area contributed by atoms with Gasteiger partial charge in [0.1, 0.15) is 6.54 Å². The minimum absolute atomic E-state index is 0.0716. The van der Waals surface area contributed by atoms with Crippen LogP contribution < -0.4 is 5.32 Å². The number of ether oxygens (including phenoxy) is 2. The van der Waals surface area contributed by atoms with E-state index in [-0.39, 0.29) is 18.2 Å². The maximum atomic E-state index is 11.6. The molecule has 1 spiro atoms. The third kappa shape index (κ3) is 3.66. The first-order chi connectivity index (χ1) is 9.15. The molecule has 0 aromatic rings. The van der Waals surface area contributed by atoms with E-state index in [1.165, 1.54) is 0 Å². The summed E-state index contributed by atoms with van der Waals surface area (Å²) in [4.78, 5) is 13.6. The van der Waals surface area contributed by atoms with Crippen LogP contribution in [0.2, 0.25) is 0 Å². The molecule has 0 aromatic carbocycles. The van der Waals surface area contributed by atoms with Gasteiger partial charge in [-0.25, -0.2) is 0 Å². The molecule has 6 nitrogen and oxygen atoms in total. The molecule has 1 saturated carbocycles. The van der Waals surface area contributed by atoms with E-state index >= 15 is 0 Å². The monoisotopic (exact) mass is 267 g/mol. The second-order valence-corrected chi connectivity index (χ2v) is 5.19. The molecule has 0 unspecified atom stereocenters. The molecule has 1 amide bonds. The van der Waals surface area contributed by atoms with Gasteiger partial charge in [0.15, 0.2) is 5.79 Å². The van der Waals surface area contributed by atoms with Gasteiger partial charge < -0.3 is 14.8 Å². The topological polar surface area (TPSA) is 74.6 Å². The smallest absolute Gasteiger partial charge is 0.235 e. The second-order valence-electron chi connectivity index (χ2n) is 5.19. The number of amides is 1. The fraction of sp³-hybridized carbons (Fsp3) is 0.846. The van der Waals surface area contributed by atoms with Crippen molar-refractivity contribution in [2.45, 2.75) is 37.5 Å². The van der Waals surface area contributed by atoms with Crippen LogP contribution in [0.3, 0.4) is 0 Å². The zero-order valence-electron chi connectivity index (χ0n) is 11.4. The van der Waals surface area contributed by atoms with Crippen LogP contribution in [0, 0.1) is 11.3 Å². The van der Waals surface area contributed by atoms with Gasteiger partial charge >= 0.3 is 0 Å². The van der Waals surface area contributed by atoms with E-state index in [0.717, 1.165) is 25.7 Å². The van der Waals surface area contributed by atoms with Crippen molar-refractivity contribution in [3.63, 3.8) is 0 Å². The average Bonchev–Trinajstić information content (AvgIpc) is 2.85. The predicted octanol–water partition coefficient (Wildman–Crippen LogP) is 0.244. The van der Waals surface area contributed by atoms with E-state index in [2.05, 4.69) is 10.2 Å². The summed E-state index contributed by atoms with van der Waals surface area (Å²) in [5.41, 5.74) is 0. The van der Waals surface area contributed by atoms with E-state index < -0.39 is 0 Å². The van der Waals surface area contributed by atoms with Crippen LogP contribution in [0.15, 0.2) is 0 Å². The lowest BCUT2D eigenvalue weighted by Crippen LogP contribution is -2.46. The number of rotatable bonds is 4. The predicted molar refractivity (Wildman–Crippen MR) is 68.1 cm³/mol. The van der Waals surface area contributed by atoms with Gasteiger partial charge in [0.05, 0.1) is 25.8 Å². The van der Waals surface area contributed by atoms with Crippen molar-refractivity contribution in [2.24, 2.45) is 0 Å². The van der Waals surface area contributed by atoms with Gasteiger partial charge in [-0.3, -0.25) is 9.69 Å². The number of nitrogens with one attached hydrogen (secondary N) is 1. The first kappa shape index (κ1) is 14.3. The van der Waals surface area contributed by atoms with Crippen LogP contribution in [0.1, 0.15) is 25.7 Å².